The third-order valence-corrected chi connectivity index (χ3v) is 6.50. The molecule has 5 heteroatoms. The summed E-state index contributed by atoms with van der Waals surface area (Å²) in [4.78, 5) is 18.2. The second-order valence-electron chi connectivity index (χ2n) is 7.66. The summed E-state index contributed by atoms with van der Waals surface area (Å²) in [5.74, 6) is 0.844. The highest BCUT2D eigenvalue weighted by Crippen LogP contribution is 2.44. The SMILES string of the molecule is O=C(Nc1nc(-c2cccc3ccccc23)cs1)C1c2ccccc2Oc2ccccc21. The number of fused-ring (bicyclic) bond motifs is 3. The lowest BCUT2D eigenvalue weighted by Crippen LogP contribution is -2.25. The molecule has 4 aromatic carbocycles. The van der Waals surface area contributed by atoms with E-state index in [1.807, 2.05) is 72.1 Å². The van der Waals surface area contributed by atoms with Gasteiger partial charge in [-0.15, -0.1) is 11.3 Å². The molecule has 0 atom stereocenters. The molecule has 32 heavy (non-hydrogen) atoms. The first-order valence-corrected chi connectivity index (χ1v) is 11.3. The molecule has 1 N–H and O–H groups in total. The number of nitrogens with one attached hydrogen (secondary N) is 1. The maximum Gasteiger partial charge on any atom is 0.238 e. The smallest absolute Gasteiger partial charge is 0.238 e. The van der Waals surface area contributed by atoms with Gasteiger partial charge in [-0.25, -0.2) is 4.98 Å². The quantitative estimate of drug-likeness (QED) is 0.338. The van der Waals surface area contributed by atoms with Crippen LogP contribution in [0.3, 0.4) is 0 Å². The zero-order valence-electron chi connectivity index (χ0n) is 17.0. The standard InChI is InChI=1S/C27H18N2O2S/c30-26(25-20-11-3-5-14-23(20)31-24-15-6-4-12-21(24)25)29-27-28-22(16-32-27)19-13-7-9-17-8-1-2-10-18(17)19/h1-16,25H,(H,28,29,30). The monoisotopic (exact) mass is 434 g/mol. The van der Waals surface area contributed by atoms with Crippen molar-refractivity contribution in [3.63, 3.8) is 0 Å². The second kappa shape index (κ2) is 7.62. The Morgan fingerprint density at radius 1 is 0.812 bits per heavy atom. The first kappa shape index (κ1) is 18.8. The maximum absolute atomic E-state index is 13.5. The van der Waals surface area contributed by atoms with Crippen LogP contribution in [0.4, 0.5) is 5.13 Å². The molecule has 154 valence electrons. The highest BCUT2D eigenvalue weighted by Gasteiger charge is 2.32. The van der Waals surface area contributed by atoms with Crippen LogP contribution < -0.4 is 10.1 Å². The third kappa shape index (κ3) is 3.15. The summed E-state index contributed by atoms with van der Waals surface area (Å²) in [6, 6.07) is 29.8. The van der Waals surface area contributed by atoms with Crippen molar-refractivity contribution in [2.75, 3.05) is 5.32 Å². The molecule has 0 radical (unpaired) electrons. The molecule has 0 saturated carbocycles. The van der Waals surface area contributed by atoms with E-state index in [2.05, 4.69) is 29.6 Å². The molecule has 2 heterocycles. The van der Waals surface area contributed by atoms with Crippen molar-refractivity contribution in [2.45, 2.75) is 5.92 Å². The summed E-state index contributed by atoms with van der Waals surface area (Å²) in [6.07, 6.45) is 0. The van der Waals surface area contributed by atoms with Crippen molar-refractivity contribution in [1.29, 1.82) is 0 Å². The van der Waals surface area contributed by atoms with E-state index in [1.165, 1.54) is 16.7 Å². The fourth-order valence-corrected chi connectivity index (χ4v) is 4.99. The van der Waals surface area contributed by atoms with Gasteiger partial charge in [0.15, 0.2) is 5.13 Å². The van der Waals surface area contributed by atoms with Gasteiger partial charge in [-0.2, -0.15) is 0 Å². The molecule has 4 nitrogen and oxygen atoms in total. The number of nitrogens with zero attached hydrogens (tertiary/aromatic N) is 1. The number of rotatable bonds is 3. The molecule has 0 unspecified atom stereocenters. The van der Waals surface area contributed by atoms with E-state index < -0.39 is 5.92 Å². The van der Waals surface area contributed by atoms with Crippen molar-refractivity contribution in [1.82, 2.24) is 4.98 Å². The Bertz CT molecular complexity index is 1420. The third-order valence-electron chi connectivity index (χ3n) is 5.74. The highest BCUT2D eigenvalue weighted by molar-refractivity contribution is 7.14. The summed E-state index contributed by atoms with van der Waals surface area (Å²) >= 11 is 1.43. The lowest BCUT2D eigenvalue weighted by atomic mass is 9.87. The summed E-state index contributed by atoms with van der Waals surface area (Å²) in [5, 5.41) is 7.93. The van der Waals surface area contributed by atoms with E-state index in [0.717, 1.165) is 27.8 Å². The van der Waals surface area contributed by atoms with Crippen LogP contribution in [0.25, 0.3) is 22.0 Å². The van der Waals surface area contributed by atoms with Crippen molar-refractivity contribution in [3.8, 4) is 22.8 Å². The molecule has 1 aliphatic heterocycles. The molecule has 5 aromatic rings. The van der Waals surface area contributed by atoms with E-state index in [-0.39, 0.29) is 5.91 Å². The van der Waals surface area contributed by atoms with Crippen LogP contribution in [0.2, 0.25) is 0 Å². The number of benzene rings is 4. The van der Waals surface area contributed by atoms with Crippen LogP contribution in [-0.2, 0) is 4.79 Å². The lowest BCUT2D eigenvalue weighted by Gasteiger charge is -2.27. The molecule has 6 rings (SSSR count). The van der Waals surface area contributed by atoms with Gasteiger partial charge < -0.3 is 10.1 Å². The number of thiazole rings is 1. The number of anilines is 1. The van der Waals surface area contributed by atoms with Crippen LogP contribution in [-0.4, -0.2) is 10.9 Å². The molecule has 0 spiro atoms. The predicted molar refractivity (Wildman–Crippen MR) is 128 cm³/mol. The molecule has 0 bridgehead atoms. The van der Waals surface area contributed by atoms with Gasteiger partial charge in [0.2, 0.25) is 5.91 Å². The van der Waals surface area contributed by atoms with E-state index in [4.69, 9.17) is 9.72 Å². The van der Waals surface area contributed by atoms with Gasteiger partial charge in [0, 0.05) is 22.1 Å². The summed E-state index contributed by atoms with van der Waals surface area (Å²) in [6.45, 7) is 0. The maximum atomic E-state index is 13.5. The molecular weight excluding hydrogens is 416 g/mol. The van der Waals surface area contributed by atoms with Crippen LogP contribution in [0.1, 0.15) is 17.0 Å². The average Bonchev–Trinajstić information content (AvgIpc) is 3.30. The van der Waals surface area contributed by atoms with Gasteiger partial charge in [-0.1, -0.05) is 78.9 Å². The van der Waals surface area contributed by atoms with Gasteiger partial charge in [-0.3, -0.25) is 4.79 Å². The largest absolute Gasteiger partial charge is 0.457 e. The number of ether oxygens (including phenoxy) is 1. The summed E-state index contributed by atoms with van der Waals surface area (Å²) < 4.78 is 6.02. The van der Waals surface area contributed by atoms with Crippen LogP contribution in [0.5, 0.6) is 11.5 Å². The average molecular weight is 435 g/mol. The van der Waals surface area contributed by atoms with Gasteiger partial charge >= 0.3 is 0 Å². The van der Waals surface area contributed by atoms with Crippen molar-refractivity contribution in [2.24, 2.45) is 0 Å². The topological polar surface area (TPSA) is 51.2 Å². The number of aromatic nitrogens is 1. The zero-order chi connectivity index (χ0) is 21.5. The highest BCUT2D eigenvalue weighted by atomic mass is 32.1. The number of carbonyl (C=O) groups excluding carboxylic acids is 1. The minimum absolute atomic E-state index is 0.119. The van der Waals surface area contributed by atoms with Crippen LogP contribution >= 0.6 is 11.3 Å². The van der Waals surface area contributed by atoms with Crippen LogP contribution in [0.15, 0.2) is 96.4 Å². The number of hydrogen-bond donors (Lipinski definition) is 1. The Kier molecular flexibility index (Phi) is 4.47. The summed E-state index contributed by atoms with van der Waals surface area (Å²) in [7, 11) is 0. The van der Waals surface area contributed by atoms with Crippen molar-refractivity contribution in [3.05, 3.63) is 108 Å². The van der Waals surface area contributed by atoms with E-state index >= 15 is 0 Å². The first-order chi connectivity index (χ1) is 15.8. The van der Waals surface area contributed by atoms with E-state index in [1.54, 1.807) is 0 Å². The molecule has 0 fully saturated rings. The number of amides is 1. The van der Waals surface area contributed by atoms with Gasteiger partial charge in [0.25, 0.3) is 0 Å². The normalized spacial score (nSPS) is 12.6. The van der Waals surface area contributed by atoms with Gasteiger partial charge in [-0.05, 0) is 22.9 Å². The fraction of sp³-hybridized carbons (Fsp3) is 0.0370. The molecule has 0 saturated heterocycles. The minimum Gasteiger partial charge on any atom is -0.457 e. The molecular formula is C27H18N2O2S. The van der Waals surface area contributed by atoms with Crippen molar-refractivity contribution >= 4 is 33.1 Å². The molecule has 0 aliphatic carbocycles. The Labute approximate surface area is 189 Å². The second-order valence-corrected chi connectivity index (χ2v) is 8.52. The fourth-order valence-electron chi connectivity index (χ4n) is 4.27. The Morgan fingerprint density at radius 2 is 1.47 bits per heavy atom. The number of carbonyl (C=O) groups is 1. The van der Waals surface area contributed by atoms with E-state index in [0.29, 0.717) is 16.6 Å². The van der Waals surface area contributed by atoms with Crippen LogP contribution in [0, 0.1) is 0 Å². The number of para-hydroxylation sites is 2. The lowest BCUT2D eigenvalue weighted by molar-refractivity contribution is -0.116. The zero-order valence-corrected chi connectivity index (χ0v) is 17.8. The van der Waals surface area contributed by atoms with Gasteiger partial charge in [0.1, 0.15) is 11.5 Å². The van der Waals surface area contributed by atoms with Gasteiger partial charge in [0.05, 0.1) is 11.6 Å². The Balaban J connectivity index is 1.34. The van der Waals surface area contributed by atoms with Crippen molar-refractivity contribution < 1.29 is 9.53 Å². The molecule has 1 aromatic heterocycles. The minimum atomic E-state index is -0.457. The number of hydrogen-bond acceptors (Lipinski definition) is 4. The Hall–Kier alpha value is -3.96. The Morgan fingerprint density at radius 3 is 2.25 bits per heavy atom. The molecule has 1 amide bonds. The first-order valence-electron chi connectivity index (χ1n) is 10.4. The molecule has 1 aliphatic rings. The predicted octanol–water partition coefficient (Wildman–Crippen LogP) is 6.84. The van der Waals surface area contributed by atoms with E-state index in [9.17, 15) is 4.79 Å². The summed E-state index contributed by atoms with van der Waals surface area (Å²) in [5.41, 5.74) is 3.63.